The Labute approximate surface area is 628 Å². The van der Waals surface area contributed by atoms with Crippen molar-refractivity contribution in [1.29, 1.82) is 0 Å². The Hall–Kier alpha value is -7.92. The van der Waals surface area contributed by atoms with Crippen molar-refractivity contribution >= 4 is 76.8 Å². The summed E-state index contributed by atoms with van der Waals surface area (Å²) in [5, 5.41) is -25.0. The Kier molecular flexibility index (Phi) is 31.9. The maximum Gasteiger partial charge on any atom is 0.198 e. The van der Waals surface area contributed by atoms with E-state index >= 15 is 87.8 Å². The molecular weight excluding hydrogens is 1540 g/mol. The van der Waals surface area contributed by atoms with Gasteiger partial charge in [-0.25, -0.2) is 123 Å². The van der Waals surface area contributed by atoms with Crippen LogP contribution in [0.2, 0.25) is 0 Å². The molecule has 1 atom stereocenters. The second-order valence-corrected chi connectivity index (χ2v) is 28.5. The molecule has 0 saturated heterocycles. The number of nitrogens with one attached hydrogen (secondary N) is 1. The predicted octanol–water partition coefficient (Wildman–Crippen LogP) is 25.1. The van der Waals surface area contributed by atoms with Crippen molar-refractivity contribution in [3.05, 3.63) is 193 Å². The third-order valence-electron chi connectivity index (χ3n) is 21.1. The molecule has 1 N–H and O–H groups in total. The van der Waals surface area contributed by atoms with Crippen molar-refractivity contribution in [2.24, 2.45) is 0 Å². The molecule has 0 saturated carbocycles. The predicted molar refractivity (Wildman–Crippen MR) is 375 cm³/mol. The van der Waals surface area contributed by atoms with Gasteiger partial charge in [-0.1, -0.05) is 206 Å². The first-order chi connectivity index (χ1) is 53.3. The quantitative estimate of drug-likeness (QED) is 0.0129. The second-order valence-electron chi connectivity index (χ2n) is 28.5. The van der Waals surface area contributed by atoms with Gasteiger partial charge in [-0.15, -0.1) is 21.9 Å². The van der Waals surface area contributed by atoms with Gasteiger partial charge in [-0.05, 0) is 43.4 Å². The number of benzene rings is 9. The van der Waals surface area contributed by atoms with Crippen LogP contribution in [0.3, 0.4) is 0 Å². The Morgan fingerprint density at radius 1 is 0.196 bits per heavy atom. The van der Waals surface area contributed by atoms with E-state index in [9.17, 15) is 35.1 Å². The van der Waals surface area contributed by atoms with E-state index in [0.29, 0.717) is 0 Å². The molecule has 112 heavy (non-hydrogen) atoms. The maximum atomic E-state index is 17.4. The molecule has 0 aliphatic heterocycles. The van der Waals surface area contributed by atoms with Crippen LogP contribution in [-0.2, 0) is 6.42 Å². The summed E-state index contributed by atoms with van der Waals surface area (Å²) >= 11 is 0. The molecule has 0 fully saturated rings. The number of hydrogen-bond donors (Lipinski definition) is 1. The number of hydrogen-bond acceptors (Lipinski definition) is 0. The zero-order valence-electron chi connectivity index (χ0n) is 61.3. The molecule has 0 bridgehead atoms. The van der Waals surface area contributed by atoms with Gasteiger partial charge in [0.2, 0.25) is 0 Å². The smallest absolute Gasteiger partial charge is 0.198 e. The van der Waals surface area contributed by atoms with Crippen molar-refractivity contribution in [3.63, 3.8) is 0 Å². The fourth-order valence-corrected chi connectivity index (χ4v) is 15.1. The Morgan fingerprint density at radius 3 is 0.571 bits per heavy atom. The highest BCUT2D eigenvalue weighted by Gasteiger charge is 2.53. The molecule has 612 valence electrons. The normalized spacial score (nSPS) is 12.3. The fourth-order valence-electron chi connectivity index (χ4n) is 15.1. The van der Waals surface area contributed by atoms with E-state index in [-0.39, 0.29) is 0 Å². The van der Waals surface area contributed by atoms with Crippen LogP contribution in [0.15, 0.2) is 24.3 Å². The highest BCUT2D eigenvalue weighted by atomic mass is 19.2. The molecule has 0 heterocycles. The number of rotatable bonds is 38. The van der Waals surface area contributed by atoms with E-state index < -0.39 is 234 Å². The largest absolute Gasteiger partial charge is 0.305 e. The van der Waals surface area contributed by atoms with E-state index in [4.69, 9.17) is 0 Å². The molecule has 1 unspecified atom stereocenters. The Bertz CT molecular complexity index is 4380. The fraction of sp³-hybridized carbons (Fsp3) is 0.439. The highest BCUT2D eigenvalue weighted by molar-refractivity contribution is 7.20. The highest BCUT2D eigenvalue weighted by Crippen LogP contribution is 2.42. The minimum Gasteiger partial charge on any atom is -0.305 e. The maximum absolute atomic E-state index is 17.4. The molecule has 9 rings (SSSR count). The molecule has 0 amide bonds. The van der Waals surface area contributed by atoms with Crippen LogP contribution in [0.1, 0.15) is 218 Å². The van der Waals surface area contributed by atoms with E-state index in [1.54, 1.807) is 4.90 Å². The molecule has 0 spiro atoms. The van der Waals surface area contributed by atoms with Gasteiger partial charge in [0.15, 0.2) is 116 Å². The van der Waals surface area contributed by atoms with Gasteiger partial charge in [-0.3, -0.25) is 0 Å². The lowest BCUT2D eigenvalue weighted by atomic mass is 9.12. The second kappa shape index (κ2) is 39.9. The Morgan fingerprint density at radius 2 is 0.366 bits per heavy atom. The van der Waals surface area contributed by atoms with Gasteiger partial charge in [-0.2, -0.15) is 0 Å². The first kappa shape index (κ1) is 89.6. The number of unbranched alkanes of at least 4 members (excludes halogenated alkanes) is 29. The molecule has 0 aliphatic carbocycles. The molecule has 30 heteroatoms. The SMILES string of the molecule is CCCCCCCCCCCCCCCCCCCc1ccc([NH+](C)CCCCCCCCCCCCCCCC)cc1.Fc1c(F)c(F)c2c(F)c([B-](c3c(F)c(F)c4c(F)c(F)c(F)c(F)c4c3F)(c3c(F)c(F)c4c(F)c(F)c(F)c(F)c4c3F)c3c(F)c(F)c4c(F)c(F)c(F)c(F)c4c3F)c(F)c(F)c2c1F. The molecule has 0 aromatic heterocycles. The van der Waals surface area contributed by atoms with Gasteiger partial charge < -0.3 is 4.90 Å². The summed E-state index contributed by atoms with van der Waals surface area (Å²) in [6, 6.07) is 9.58. The van der Waals surface area contributed by atoms with E-state index in [1.165, 1.54) is 223 Å². The lowest BCUT2D eigenvalue weighted by Gasteiger charge is -2.45. The minimum atomic E-state index is -7.99. The minimum absolute atomic E-state index is 1.26. The number of halogens is 28. The number of quaternary nitrogens is 1. The van der Waals surface area contributed by atoms with Crippen LogP contribution in [0, 0.1) is 163 Å². The van der Waals surface area contributed by atoms with Gasteiger partial charge >= 0.3 is 0 Å². The molecule has 9 aromatic carbocycles. The van der Waals surface area contributed by atoms with Gasteiger partial charge in [0.25, 0.3) is 0 Å². The van der Waals surface area contributed by atoms with Crippen molar-refractivity contribution in [2.45, 2.75) is 219 Å². The lowest BCUT2D eigenvalue weighted by Crippen LogP contribution is -3.03. The number of fused-ring (bicyclic) bond motifs is 4. The average Bonchev–Trinajstić information content (AvgIpc) is 0.668. The average molecular weight is 1620 g/mol. The van der Waals surface area contributed by atoms with Crippen LogP contribution < -0.4 is 26.8 Å². The van der Waals surface area contributed by atoms with Crippen LogP contribution in [0.4, 0.5) is 129 Å². The van der Waals surface area contributed by atoms with Crippen LogP contribution in [0.25, 0.3) is 43.1 Å². The first-order valence-electron chi connectivity index (χ1n) is 37.6. The molecule has 0 aliphatic rings. The summed E-state index contributed by atoms with van der Waals surface area (Å²) in [6.07, 6.45) is 38.1. The van der Waals surface area contributed by atoms with Gasteiger partial charge in [0.05, 0.1) is 56.7 Å². The third-order valence-corrected chi connectivity index (χ3v) is 21.1. The van der Waals surface area contributed by atoms with Crippen molar-refractivity contribution in [1.82, 2.24) is 0 Å². The zero-order chi connectivity index (χ0) is 82.5. The Balaban J connectivity index is 0.000000316. The topological polar surface area (TPSA) is 4.44 Å². The van der Waals surface area contributed by atoms with Crippen LogP contribution in [0.5, 0.6) is 0 Å². The van der Waals surface area contributed by atoms with E-state index in [1.807, 2.05) is 0 Å². The summed E-state index contributed by atoms with van der Waals surface area (Å²) in [5.74, 6) is -102. The molecule has 9 aromatic rings. The monoisotopic (exact) mass is 1620 g/mol. The number of aryl methyl sites for hydroxylation is 1. The zero-order valence-corrected chi connectivity index (χ0v) is 61.3. The molecule has 0 radical (unpaired) electrons. The van der Waals surface area contributed by atoms with Crippen molar-refractivity contribution in [2.75, 3.05) is 13.6 Å². The molecule has 1 nitrogen and oxygen atoms in total. The van der Waals surface area contributed by atoms with E-state index in [2.05, 4.69) is 45.2 Å². The van der Waals surface area contributed by atoms with E-state index in [0.717, 1.165) is 0 Å². The standard InChI is InChI=1S/C42H79N.C40BF28/c1-4-6-8-10-12-14-16-18-20-21-22-23-25-27-29-31-33-35-41-36-38-42(39-37-41)43(3)40-34-32-30-28-26-24-19-17-15-13-11-9-7-5-2;42-13-1-5(25(54)37(66)33(62)21(1)50)17(46)29(58)9(13)41(10-14(43)2-6(18(47)30(10)59)26(55)38(67)34(63)22(2)51,11-15(44)3-7(19(48)31(11)60)27(56)39(68)35(64)23(3)52)12-16(45)4-8(20(49)32(12)61)28(57)40(69)36(65)24(4)53/h36-39H,4-35,40H2,1-3H3;/q;-1/p+1. The van der Waals surface area contributed by atoms with Crippen LogP contribution in [-0.4, -0.2) is 19.7 Å². The third kappa shape index (κ3) is 17.9. The lowest BCUT2D eigenvalue weighted by molar-refractivity contribution is -0.810. The van der Waals surface area contributed by atoms with Gasteiger partial charge in [0, 0.05) is 0 Å². The van der Waals surface area contributed by atoms with Gasteiger partial charge in [0.1, 0.15) is 58.4 Å². The summed E-state index contributed by atoms with van der Waals surface area (Å²) in [4.78, 5) is 1.59. The summed E-state index contributed by atoms with van der Waals surface area (Å²) in [6.45, 7) is 5.89. The van der Waals surface area contributed by atoms with Crippen molar-refractivity contribution < 1.29 is 128 Å². The van der Waals surface area contributed by atoms with Crippen LogP contribution >= 0.6 is 0 Å². The summed E-state index contributed by atoms with van der Waals surface area (Å²) < 4.78 is 442. The van der Waals surface area contributed by atoms with Crippen molar-refractivity contribution in [3.8, 4) is 0 Å². The summed E-state index contributed by atoms with van der Waals surface area (Å²) in [7, 11) is 2.35. The first-order valence-corrected chi connectivity index (χ1v) is 37.6. The molecular formula is C82H80BF28N. The summed E-state index contributed by atoms with van der Waals surface area (Å²) in [5.41, 5.74) is -12.9.